The third-order valence-corrected chi connectivity index (χ3v) is 7.84. The van der Waals surface area contributed by atoms with Gasteiger partial charge in [-0.05, 0) is 85.0 Å². The van der Waals surface area contributed by atoms with E-state index in [1.807, 2.05) is 6.20 Å². The average Bonchev–Trinajstić information content (AvgIpc) is 2.87. The molecule has 6 rings (SSSR count). The number of piperidine rings is 1. The quantitative estimate of drug-likeness (QED) is 0.566. The number of aromatic amines is 1. The van der Waals surface area contributed by atoms with Crippen LogP contribution in [0.25, 0.3) is 6.08 Å². The highest BCUT2D eigenvalue weighted by molar-refractivity contribution is 6.02. The van der Waals surface area contributed by atoms with Crippen LogP contribution in [-0.4, -0.2) is 58.3 Å². The molecule has 11 heteroatoms. The number of nitrogens with zero attached hydrogens (tertiary/aromatic N) is 4. The number of pyridine rings is 1. The summed E-state index contributed by atoms with van der Waals surface area (Å²) in [4.78, 5) is 32.1. The van der Waals surface area contributed by atoms with Crippen LogP contribution in [0.5, 0.6) is 5.75 Å². The Morgan fingerprint density at radius 1 is 1.17 bits per heavy atom. The van der Waals surface area contributed by atoms with Gasteiger partial charge in [0.15, 0.2) is 11.5 Å². The van der Waals surface area contributed by atoms with Gasteiger partial charge in [-0.1, -0.05) is 0 Å². The lowest BCUT2D eigenvalue weighted by molar-refractivity contribution is -0.581. The Labute approximate surface area is 222 Å². The number of hydrogen-bond donors (Lipinski definition) is 2. The second-order valence-corrected chi connectivity index (χ2v) is 9.96. The largest absolute Gasteiger partial charge is 0.492 e. The third kappa shape index (κ3) is 5.20. The number of carbonyl (C=O) groups is 1. The number of rotatable bonds is 5. The number of halogens is 2. The first-order chi connectivity index (χ1) is 16.7. The first kappa shape index (κ1) is 26.7. The van der Waals surface area contributed by atoms with E-state index in [2.05, 4.69) is 31.6 Å². The Morgan fingerprint density at radius 2 is 2.00 bits per heavy atom. The summed E-state index contributed by atoms with van der Waals surface area (Å²) in [6, 6.07) is 2.65. The lowest BCUT2D eigenvalue weighted by Gasteiger charge is -2.38. The van der Waals surface area contributed by atoms with E-state index in [-0.39, 0.29) is 42.4 Å². The van der Waals surface area contributed by atoms with Crippen LogP contribution in [0.4, 0.5) is 0 Å². The molecule has 4 heterocycles. The van der Waals surface area contributed by atoms with Gasteiger partial charge in [-0.2, -0.15) is 0 Å². The molecule has 0 aromatic carbocycles. The van der Waals surface area contributed by atoms with Gasteiger partial charge >= 0.3 is 0 Å². The van der Waals surface area contributed by atoms with Crippen LogP contribution in [0, 0.1) is 10.8 Å². The summed E-state index contributed by atoms with van der Waals surface area (Å²) in [7, 11) is 0. The van der Waals surface area contributed by atoms with E-state index in [0.717, 1.165) is 92.1 Å². The minimum atomic E-state index is -0.249. The highest BCUT2D eigenvalue weighted by Gasteiger charge is 2.43. The number of likely N-dealkylation sites (tertiary alicyclic amines) is 1. The monoisotopic (exact) mass is 535 g/mol. The highest BCUT2D eigenvalue weighted by atomic mass is 35.5. The maximum absolute atomic E-state index is 12.8. The molecule has 0 bridgehead atoms. The van der Waals surface area contributed by atoms with E-state index in [9.17, 15) is 9.70 Å². The molecule has 2 aromatic heterocycles. The molecule has 0 saturated carbocycles. The molecule has 1 fully saturated rings. The lowest BCUT2D eigenvalue weighted by atomic mass is 9.72. The summed E-state index contributed by atoms with van der Waals surface area (Å²) in [6.45, 7) is 4.48. The molecule has 1 unspecified atom stereocenters. The lowest BCUT2D eigenvalue weighted by Crippen LogP contribution is -2.46. The maximum Gasteiger partial charge on any atom is 0.208 e. The molecule has 2 atom stereocenters. The van der Waals surface area contributed by atoms with Crippen molar-refractivity contribution in [2.24, 2.45) is 5.92 Å². The van der Waals surface area contributed by atoms with Crippen LogP contribution >= 0.6 is 24.8 Å². The summed E-state index contributed by atoms with van der Waals surface area (Å²) in [5.74, 6) is 1.01. The fourth-order valence-corrected chi connectivity index (χ4v) is 6.04. The van der Waals surface area contributed by atoms with Crippen LogP contribution in [0.1, 0.15) is 59.8 Å². The van der Waals surface area contributed by atoms with Gasteiger partial charge in [0.2, 0.25) is 5.69 Å². The number of allylic oxidation sites excluding steroid dienone is 1. The molecule has 4 aliphatic rings. The smallest absolute Gasteiger partial charge is 0.208 e. The molecule has 1 saturated heterocycles. The zero-order valence-electron chi connectivity index (χ0n) is 20.1. The number of nitrogens with one attached hydrogen (secondary N) is 2. The molecule has 2 aliphatic heterocycles. The van der Waals surface area contributed by atoms with Crippen molar-refractivity contribution >= 4 is 36.7 Å². The van der Waals surface area contributed by atoms with Gasteiger partial charge in [0.05, 0.1) is 34.5 Å². The first-order valence-corrected chi connectivity index (χ1v) is 12.5. The molecule has 0 amide bonds. The Morgan fingerprint density at radius 3 is 2.83 bits per heavy atom. The predicted molar refractivity (Wildman–Crippen MR) is 139 cm³/mol. The van der Waals surface area contributed by atoms with Crippen molar-refractivity contribution in [3.63, 3.8) is 0 Å². The molecule has 0 spiro atoms. The molecule has 2 N–H and O–H groups in total. The van der Waals surface area contributed by atoms with Gasteiger partial charge in [0.1, 0.15) is 5.75 Å². The van der Waals surface area contributed by atoms with Crippen molar-refractivity contribution in [1.82, 2.24) is 25.5 Å². The van der Waals surface area contributed by atoms with Gasteiger partial charge in [0.25, 0.3) is 0 Å². The van der Waals surface area contributed by atoms with Crippen LogP contribution in [0.3, 0.4) is 0 Å². The van der Waals surface area contributed by atoms with Crippen molar-refractivity contribution in [2.45, 2.75) is 57.0 Å². The van der Waals surface area contributed by atoms with Gasteiger partial charge in [-0.3, -0.25) is 9.78 Å². The van der Waals surface area contributed by atoms with E-state index in [4.69, 9.17) is 4.74 Å². The normalized spacial score (nSPS) is 23.1. The summed E-state index contributed by atoms with van der Waals surface area (Å²) >= 11 is 0. The Balaban J connectivity index is 0.00000152. The fourth-order valence-electron chi connectivity index (χ4n) is 6.04. The highest BCUT2D eigenvalue weighted by Crippen LogP contribution is 2.40. The van der Waals surface area contributed by atoms with E-state index in [1.165, 1.54) is 5.56 Å². The Hall–Kier alpha value is -2.33. The van der Waals surface area contributed by atoms with Gasteiger partial charge in [-0.25, -0.2) is 0 Å². The van der Waals surface area contributed by atoms with Gasteiger partial charge in [0, 0.05) is 30.7 Å². The minimum Gasteiger partial charge on any atom is -0.492 e. The molecular formula is C25H33Cl2N6O3+. The second kappa shape index (κ2) is 11.4. The number of ketones is 1. The zero-order chi connectivity index (χ0) is 23.1. The van der Waals surface area contributed by atoms with Crippen LogP contribution in [0.15, 0.2) is 18.3 Å². The number of aryl methyl sites for hydroxylation is 1. The van der Waals surface area contributed by atoms with Gasteiger partial charge in [-0.15, -0.1) is 24.8 Å². The van der Waals surface area contributed by atoms with Crippen molar-refractivity contribution in [2.75, 3.05) is 26.2 Å². The zero-order valence-corrected chi connectivity index (χ0v) is 21.8. The van der Waals surface area contributed by atoms with Crippen molar-refractivity contribution in [3.8, 4) is 5.75 Å². The number of fused-ring (bicyclic) bond motifs is 1. The fraction of sp³-hybridized carbons (Fsp3) is 0.560. The molecule has 2 aliphatic carbocycles. The Bertz CT molecular complexity index is 1190. The maximum atomic E-state index is 12.8. The minimum absolute atomic E-state index is 0. The van der Waals surface area contributed by atoms with Gasteiger partial charge < -0.3 is 15.0 Å². The summed E-state index contributed by atoms with van der Waals surface area (Å²) in [6.07, 6.45) is 11.1. The van der Waals surface area contributed by atoms with Crippen molar-refractivity contribution in [1.29, 1.82) is 0 Å². The summed E-state index contributed by atoms with van der Waals surface area (Å²) < 4.78 is 6.40. The van der Waals surface area contributed by atoms with Crippen LogP contribution in [-0.2, 0) is 24.2 Å². The van der Waals surface area contributed by atoms with E-state index < -0.39 is 0 Å². The molecule has 0 radical (unpaired) electrons. The van der Waals surface area contributed by atoms with Crippen LogP contribution < -0.4 is 14.6 Å². The van der Waals surface area contributed by atoms with E-state index >= 15 is 0 Å². The second-order valence-electron chi connectivity index (χ2n) is 9.96. The van der Waals surface area contributed by atoms with Crippen LogP contribution in [0.2, 0.25) is 0 Å². The number of hydrogen-bond acceptors (Lipinski definition) is 7. The summed E-state index contributed by atoms with van der Waals surface area (Å²) in [5.41, 5.74) is 4.61. The third-order valence-electron chi connectivity index (χ3n) is 7.84. The number of carbonyl (C=O) groups excluding carboxylic acids is 1. The average molecular weight is 536 g/mol. The standard InChI is InChI=1S/C25H30N6O3.2ClH/c32-22-6-4-20-25-21(31(33)29-28-20)5-3-17(24(22)25)15-30-9-7-18(8-10-30)26-13-19-12-16-2-1-11-34-23(16)14-27-19;;/h4,6,12,14,17-18,24,26H,1-3,5,7-11,13,15H2;2*1H/p+1/t17-,24?;;/m0../s1. The topological polar surface area (TPSA) is 106 Å². The van der Waals surface area contributed by atoms with E-state index in [0.29, 0.717) is 18.2 Å². The van der Waals surface area contributed by atoms with Crippen molar-refractivity contribution in [3.05, 3.63) is 51.5 Å². The van der Waals surface area contributed by atoms with E-state index in [1.54, 1.807) is 12.2 Å². The SMILES string of the molecule is Cl.Cl.O=C1C=Cc2n[nH][n+](=O)c3c2C1[C@H](CN1CCC(NCc2cc4c(cn2)OCCC4)CC1)CC3. The molecule has 36 heavy (non-hydrogen) atoms. The Kier molecular flexibility index (Phi) is 8.44. The number of ether oxygens (including phenoxy) is 1. The predicted octanol–water partition coefficient (Wildman–Crippen LogP) is 2.38. The summed E-state index contributed by atoms with van der Waals surface area (Å²) in [5, 5.41) is 10.4. The molecule has 9 nitrogen and oxygen atoms in total. The molecule has 2 aromatic rings. The number of H-pyrrole nitrogens is 1. The number of aromatic nitrogens is 4. The molecular weight excluding hydrogens is 503 g/mol. The first-order valence-electron chi connectivity index (χ1n) is 12.5. The van der Waals surface area contributed by atoms with Crippen molar-refractivity contribution < 1.29 is 14.1 Å². The molecule has 194 valence electrons.